The van der Waals surface area contributed by atoms with Crippen molar-refractivity contribution in [1.29, 1.82) is 0 Å². The fourth-order valence-corrected chi connectivity index (χ4v) is 4.12. The molecule has 3 amide bonds. The van der Waals surface area contributed by atoms with Gasteiger partial charge in [0.05, 0.1) is 0 Å². The Hall–Kier alpha value is -3.19. The van der Waals surface area contributed by atoms with Crippen molar-refractivity contribution in [3.05, 3.63) is 70.2 Å². The lowest BCUT2D eigenvalue weighted by atomic mass is 9.76. The van der Waals surface area contributed by atoms with Gasteiger partial charge in [0.25, 0.3) is 5.91 Å². The van der Waals surface area contributed by atoms with Gasteiger partial charge in [0.15, 0.2) is 12.4 Å². The molecule has 0 aromatic heterocycles. The number of nitrogens with zero attached hydrogens (tertiary/aromatic N) is 1. The highest BCUT2D eigenvalue weighted by Crippen LogP contribution is 2.39. The zero-order valence-corrected chi connectivity index (χ0v) is 16.8. The molecule has 1 spiro atoms. The van der Waals surface area contributed by atoms with Gasteiger partial charge < -0.3 is 10.1 Å². The van der Waals surface area contributed by atoms with Gasteiger partial charge in [-0.2, -0.15) is 0 Å². The minimum absolute atomic E-state index is 0.347. The summed E-state index contributed by atoms with van der Waals surface area (Å²) in [5.41, 5.74) is 0.976. The second kappa shape index (κ2) is 7.91. The van der Waals surface area contributed by atoms with Crippen LogP contribution in [0.2, 0.25) is 5.02 Å². The van der Waals surface area contributed by atoms with Crippen molar-refractivity contribution in [3.63, 3.8) is 0 Å². The maximum absolute atomic E-state index is 13.1. The highest BCUT2D eigenvalue weighted by molar-refractivity contribution is 6.30. The number of urea groups is 1. The Labute approximate surface area is 177 Å². The van der Waals surface area contributed by atoms with E-state index in [1.54, 1.807) is 12.1 Å². The second-order valence-electron chi connectivity index (χ2n) is 7.33. The Balaban J connectivity index is 1.42. The van der Waals surface area contributed by atoms with Gasteiger partial charge in [0, 0.05) is 10.6 Å². The number of Topliss-reactive ketones (excluding diaryl/α,β-unsaturated/α-hetero) is 1. The van der Waals surface area contributed by atoms with Gasteiger partial charge in [0.1, 0.15) is 12.1 Å². The normalized spacial score (nSPS) is 20.1. The van der Waals surface area contributed by atoms with Crippen LogP contribution in [-0.2, 0) is 26.3 Å². The van der Waals surface area contributed by atoms with Crippen molar-refractivity contribution in [2.24, 2.45) is 0 Å². The quantitative estimate of drug-likeness (QED) is 0.451. The van der Waals surface area contributed by atoms with Crippen molar-refractivity contribution in [2.75, 3.05) is 13.2 Å². The largest absolute Gasteiger partial charge is 0.456 e. The first-order valence-electron chi connectivity index (χ1n) is 9.57. The zero-order chi connectivity index (χ0) is 21.3. The molecule has 4 rings (SSSR count). The fourth-order valence-electron chi connectivity index (χ4n) is 3.99. The van der Waals surface area contributed by atoms with Gasteiger partial charge in [-0.3, -0.25) is 19.3 Å². The van der Waals surface area contributed by atoms with Gasteiger partial charge in [0.2, 0.25) is 0 Å². The molecule has 0 radical (unpaired) electrons. The molecule has 7 nitrogen and oxygen atoms in total. The SMILES string of the molecule is O=C(CN1C(=O)NC2(CCCc3ccccc32)C1=O)OCC(=O)c1ccc(Cl)cc1. The highest BCUT2D eigenvalue weighted by Gasteiger charge is 2.54. The molecular weight excluding hydrogens is 408 g/mol. The molecular formula is C22H19ClN2O5. The van der Waals surface area contributed by atoms with E-state index in [4.69, 9.17) is 16.3 Å². The number of ketones is 1. The standard InChI is InChI=1S/C22H19ClN2O5/c23-16-9-7-15(8-10-16)18(26)13-30-19(27)12-25-20(28)22(24-21(25)29)11-3-5-14-4-1-2-6-17(14)22/h1-2,4,6-10H,3,5,11-13H2,(H,24,29). The first-order chi connectivity index (χ1) is 14.4. The maximum Gasteiger partial charge on any atom is 0.326 e. The van der Waals surface area contributed by atoms with E-state index in [0.29, 0.717) is 17.0 Å². The number of fused-ring (bicyclic) bond motifs is 2. The van der Waals surface area contributed by atoms with Gasteiger partial charge >= 0.3 is 12.0 Å². The van der Waals surface area contributed by atoms with Crippen LogP contribution in [0.1, 0.15) is 34.3 Å². The molecule has 1 saturated heterocycles. The number of hydrogen-bond acceptors (Lipinski definition) is 5. The number of aryl methyl sites for hydroxylation is 1. The summed E-state index contributed by atoms with van der Waals surface area (Å²) in [6.45, 7) is -1.04. The Bertz CT molecular complexity index is 1040. The van der Waals surface area contributed by atoms with E-state index in [2.05, 4.69) is 5.32 Å². The molecule has 2 aromatic carbocycles. The molecule has 30 heavy (non-hydrogen) atoms. The number of esters is 1. The molecule has 1 heterocycles. The number of rotatable bonds is 5. The number of carbonyl (C=O) groups excluding carboxylic acids is 4. The molecule has 1 fully saturated rings. The van der Waals surface area contributed by atoms with Crippen LogP contribution in [0.5, 0.6) is 0 Å². The predicted molar refractivity (Wildman–Crippen MR) is 108 cm³/mol. The summed E-state index contributed by atoms with van der Waals surface area (Å²) in [7, 11) is 0. The third kappa shape index (κ3) is 3.57. The Morgan fingerprint density at radius 2 is 1.83 bits per heavy atom. The summed E-state index contributed by atoms with van der Waals surface area (Å²) < 4.78 is 5.00. The lowest BCUT2D eigenvalue weighted by molar-refractivity contribution is -0.147. The summed E-state index contributed by atoms with van der Waals surface area (Å²) in [6, 6.07) is 13.0. The van der Waals surface area contributed by atoms with Crippen molar-refractivity contribution < 1.29 is 23.9 Å². The number of nitrogens with one attached hydrogen (secondary N) is 1. The van der Waals surface area contributed by atoms with E-state index in [1.165, 1.54) is 12.1 Å². The minimum Gasteiger partial charge on any atom is -0.456 e. The minimum atomic E-state index is -1.15. The average molecular weight is 427 g/mol. The van der Waals surface area contributed by atoms with Crippen LogP contribution < -0.4 is 5.32 Å². The molecule has 1 atom stereocenters. The van der Waals surface area contributed by atoms with Gasteiger partial charge in [-0.25, -0.2) is 4.79 Å². The lowest BCUT2D eigenvalue weighted by Gasteiger charge is -2.33. The van der Waals surface area contributed by atoms with Crippen molar-refractivity contribution in [3.8, 4) is 0 Å². The van der Waals surface area contributed by atoms with Crippen LogP contribution in [0.3, 0.4) is 0 Å². The van der Waals surface area contributed by atoms with Crippen LogP contribution in [0, 0.1) is 0 Å². The van der Waals surface area contributed by atoms with Gasteiger partial charge in [-0.1, -0.05) is 35.9 Å². The Kier molecular flexibility index (Phi) is 5.30. The molecule has 1 N–H and O–H groups in total. The molecule has 0 bridgehead atoms. The second-order valence-corrected chi connectivity index (χ2v) is 7.76. The van der Waals surface area contributed by atoms with Crippen LogP contribution >= 0.6 is 11.6 Å². The molecule has 1 aliphatic heterocycles. The summed E-state index contributed by atoms with van der Waals surface area (Å²) >= 11 is 5.79. The fraction of sp³-hybridized carbons (Fsp3) is 0.273. The van der Waals surface area contributed by atoms with Gasteiger partial charge in [-0.05, 0) is 54.7 Å². The van der Waals surface area contributed by atoms with E-state index in [-0.39, 0.29) is 0 Å². The number of benzene rings is 2. The third-order valence-electron chi connectivity index (χ3n) is 5.47. The molecule has 1 unspecified atom stereocenters. The van der Waals surface area contributed by atoms with Crippen molar-refractivity contribution in [1.82, 2.24) is 10.2 Å². The Morgan fingerprint density at radius 1 is 1.10 bits per heavy atom. The van der Waals surface area contributed by atoms with E-state index in [0.717, 1.165) is 28.9 Å². The van der Waals surface area contributed by atoms with Crippen molar-refractivity contribution in [2.45, 2.75) is 24.8 Å². The number of hydrogen-bond donors (Lipinski definition) is 1. The van der Waals surface area contributed by atoms with E-state index in [1.807, 2.05) is 24.3 Å². The van der Waals surface area contributed by atoms with Crippen LogP contribution in [0.15, 0.2) is 48.5 Å². The van der Waals surface area contributed by atoms with E-state index < -0.39 is 42.4 Å². The summed E-state index contributed by atoms with van der Waals surface area (Å²) in [6.07, 6.45) is 2.04. The molecule has 2 aliphatic rings. The molecule has 1 aliphatic carbocycles. The van der Waals surface area contributed by atoms with Gasteiger partial charge in [-0.15, -0.1) is 0 Å². The monoisotopic (exact) mass is 426 g/mol. The molecule has 8 heteroatoms. The van der Waals surface area contributed by atoms with Crippen LogP contribution in [0.4, 0.5) is 4.79 Å². The number of imide groups is 1. The summed E-state index contributed by atoms with van der Waals surface area (Å²) in [4.78, 5) is 50.9. The van der Waals surface area contributed by atoms with E-state index >= 15 is 0 Å². The number of ether oxygens (including phenoxy) is 1. The summed E-state index contributed by atoms with van der Waals surface area (Å²) in [5, 5.41) is 3.26. The summed E-state index contributed by atoms with van der Waals surface area (Å²) in [5.74, 6) is -1.71. The van der Waals surface area contributed by atoms with Crippen molar-refractivity contribution >= 4 is 35.3 Å². The zero-order valence-electron chi connectivity index (χ0n) is 16.0. The number of carbonyl (C=O) groups is 4. The van der Waals surface area contributed by atoms with Crippen LogP contribution in [0.25, 0.3) is 0 Å². The molecule has 154 valence electrons. The Morgan fingerprint density at radius 3 is 2.60 bits per heavy atom. The first kappa shape index (κ1) is 20.1. The first-order valence-corrected chi connectivity index (χ1v) is 9.95. The molecule has 2 aromatic rings. The van der Waals surface area contributed by atoms with Crippen LogP contribution in [-0.4, -0.2) is 41.7 Å². The third-order valence-corrected chi connectivity index (χ3v) is 5.72. The number of halogens is 1. The smallest absolute Gasteiger partial charge is 0.326 e. The highest BCUT2D eigenvalue weighted by atomic mass is 35.5. The number of amides is 3. The average Bonchev–Trinajstić information content (AvgIpc) is 2.97. The maximum atomic E-state index is 13.1. The predicted octanol–water partition coefficient (Wildman–Crippen LogP) is 2.85. The topological polar surface area (TPSA) is 92.8 Å². The molecule has 0 saturated carbocycles. The lowest BCUT2D eigenvalue weighted by Crippen LogP contribution is -2.46. The van der Waals surface area contributed by atoms with E-state index in [9.17, 15) is 19.2 Å².